The lowest BCUT2D eigenvalue weighted by Gasteiger charge is -2.15. The third-order valence-electron chi connectivity index (χ3n) is 4.83. The van der Waals surface area contributed by atoms with Crippen LogP contribution in [-0.4, -0.2) is 22.8 Å². The zero-order valence-corrected chi connectivity index (χ0v) is 18.4. The van der Waals surface area contributed by atoms with E-state index in [0.29, 0.717) is 17.1 Å². The zero-order valence-electron chi connectivity index (χ0n) is 17.6. The van der Waals surface area contributed by atoms with E-state index in [1.54, 1.807) is 23.4 Å². The van der Waals surface area contributed by atoms with Crippen molar-refractivity contribution < 1.29 is 22.7 Å². The summed E-state index contributed by atoms with van der Waals surface area (Å²) in [7, 11) is 1.69. The van der Waals surface area contributed by atoms with Gasteiger partial charge in [0.1, 0.15) is 40.5 Å². The molecule has 1 heterocycles. The molecule has 0 atom stereocenters. The van der Waals surface area contributed by atoms with E-state index in [-0.39, 0.29) is 29.5 Å². The van der Waals surface area contributed by atoms with Crippen LogP contribution in [0.25, 0.3) is 10.6 Å². The molecule has 1 aromatic heterocycles. The lowest BCUT2D eigenvalue weighted by molar-refractivity contribution is 0.0780. The van der Waals surface area contributed by atoms with Crippen LogP contribution in [0.1, 0.15) is 21.6 Å². The Hall–Kier alpha value is -3.65. The standard InChI is InChI=1S/C25H19F3N2O2S/c1-30(13-16-5-3-2-4-6-16)25(31)23-15-33-24(29-23)21-8-7-20(12-22(21)28)32-14-17-9-18(26)11-19(27)10-17/h2-12,15H,13-14H2,1H3. The molecule has 3 aromatic carbocycles. The highest BCUT2D eigenvalue weighted by molar-refractivity contribution is 7.13. The summed E-state index contributed by atoms with van der Waals surface area (Å²) in [5, 5.41) is 1.96. The molecule has 1 amide bonds. The van der Waals surface area contributed by atoms with E-state index >= 15 is 0 Å². The molecule has 4 rings (SSSR count). The van der Waals surface area contributed by atoms with E-state index < -0.39 is 17.5 Å². The number of benzene rings is 3. The molecule has 4 nitrogen and oxygen atoms in total. The van der Waals surface area contributed by atoms with Crippen molar-refractivity contribution in [2.24, 2.45) is 0 Å². The van der Waals surface area contributed by atoms with E-state index in [0.717, 1.165) is 23.8 Å². The first-order valence-electron chi connectivity index (χ1n) is 10.0. The van der Waals surface area contributed by atoms with Crippen LogP contribution in [0.4, 0.5) is 13.2 Å². The van der Waals surface area contributed by atoms with Gasteiger partial charge in [-0.3, -0.25) is 4.79 Å². The first-order valence-corrected chi connectivity index (χ1v) is 10.9. The maximum absolute atomic E-state index is 14.7. The van der Waals surface area contributed by atoms with Gasteiger partial charge in [0.05, 0.1) is 0 Å². The molecule has 168 valence electrons. The van der Waals surface area contributed by atoms with Crippen molar-refractivity contribution in [3.8, 4) is 16.3 Å². The Labute approximate surface area is 192 Å². The highest BCUT2D eigenvalue weighted by atomic mass is 32.1. The largest absolute Gasteiger partial charge is 0.489 e. The van der Waals surface area contributed by atoms with E-state index in [1.165, 1.54) is 23.5 Å². The first-order chi connectivity index (χ1) is 15.9. The van der Waals surface area contributed by atoms with Crippen molar-refractivity contribution in [1.82, 2.24) is 9.88 Å². The Balaban J connectivity index is 1.43. The molecule has 0 bridgehead atoms. The lowest BCUT2D eigenvalue weighted by atomic mass is 10.2. The van der Waals surface area contributed by atoms with Gasteiger partial charge in [0.25, 0.3) is 5.91 Å². The summed E-state index contributed by atoms with van der Waals surface area (Å²) in [6.45, 7) is 0.319. The Kier molecular flexibility index (Phi) is 6.74. The van der Waals surface area contributed by atoms with E-state index in [9.17, 15) is 18.0 Å². The fraction of sp³-hybridized carbons (Fsp3) is 0.120. The fourth-order valence-corrected chi connectivity index (χ4v) is 4.06. The van der Waals surface area contributed by atoms with Crippen molar-refractivity contribution in [3.05, 3.63) is 106 Å². The molecule has 8 heteroatoms. The Morgan fingerprint density at radius 3 is 2.39 bits per heavy atom. The highest BCUT2D eigenvalue weighted by Gasteiger charge is 2.18. The summed E-state index contributed by atoms with van der Waals surface area (Å²) in [5.74, 6) is -2.05. The summed E-state index contributed by atoms with van der Waals surface area (Å²) in [4.78, 5) is 18.6. The molecular weight excluding hydrogens is 449 g/mol. The van der Waals surface area contributed by atoms with Crippen molar-refractivity contribution in [2.45, 2.75) is 13.2 Å². The van der Waals surface area contributed by atoms with Gasteiger partial charge in [0.2, 0.25) is 0 Å². The Morgan fingerprint density at radius 2 is 1.70 bits per heavy atom. The average molecular weight is 469 g/mol. The number of nitrogens with zero attached hydrogens (tertiary/aromatic N) is 2. The third-order valence-corrected chi connectivity index (χ3v) is 5.71. The summed E-state index contributed by atoms with van der Waals surface area (Å²) in [5.41, 5.74) is 1.75. The van der Waals surface area contributed by atoms with Crippen molar-refractivity contribution in [2.75, 3.05) is 7.05 Å². The number of amides is 1. The number of aromatic nitrogens is 1. The Morgan fingerprint density at radius 1 is 0.970 bits per heavy atom. The predicted molar refractivity (Wildman–Crippen MR) is 120 cm³/mol. The van der Waals surface area contributed by atoms with Gasteiger partial charge in [-0.2, -0.15) is 0 Å². The number of ether oxygens (including phenoxy) is 1. The topological polar surface area (TPSA) is 42.4 Å². The molecule has 0 saturated heterocycles. The van der Waals surface area contributed by atoms with E-state index in [2.05, 4.69) is 4.98 Å². The average Bonchev–Trinajstić information content (AvgIpc) is 3.27. The normalized spacial score (nSPS) is 10.8. The minimum Gasteiger partial charge on any atom is -0.489 e. The van der Waals surface area contributed by atoms with Gasteiger partial charge < -0.3 is 9.64 Å². The number of thiazole rings is 1. The van der Waals surface area contributed by atoms with E-state index in [4.69, 9.17) is 4.74 Å². The van der Waals surface area contributed by atoms with Crippen LogP contribution in [0.5, 0.6) is 5.75 Å². The quantitative estimate of drug-likeness (QED) is 0.330. The number of rotatable bonds is 7. The smallest absolute Gasteiger partial charge is 0.273 e. The number of hydrogen-bond acceptors (Lipinski definition) is 4. The summed E-state index contributed by atoms with van der Waals surface area (Å²) < 4.78 is 46.7. The molecule has 33 heavy (non-hydrogen) atoms. The van der Waals surface area contributed by atoms with Gasteiger partial charge in [-0.1, -0.05) is 30.3 Å². The molecule has 4 aromatic rings. The molecular formula is C25H19F3N2O2S. The summed E-state index contributed by atoms with van der Waals surface area (Å²) in [6.07, 6.45) is 0. The first kappa shape index (κ1) is 22.5. The summed E-state index contributed by atoms with van der Waals surface area (Å²) >= 11 is 1.17. The monoisotopic (exact) mass is 468 g/mol. The van der Waals surface area contributed by atoms with Crippen LogP contribution in [0.2, 0.25) is 0 Å². The summed E-state index contributed by atoms with van der Waals surface area (Å²) in [6, 6.07) is 16.9. The van der Waals surface area contributed by atoms with Crippen LogP contribution >= 0.6 is 11.3 Å². The van der Waals surface area contributed by atoms with Crippen LogP contribution in [-0.2, 0) is 13.2 Å². The minimum atomic E-state index is -0.710. The maximum atomic E-state index is 14.7. The highest BCUT2D eigenvalue weighted by Crippen LogP contribution is 2.29. The lowest BCUT2D eigenvalue weighted by Crippen LogP contribution is -2.26. The second-order valence-corrected chi connectivity index (χ2v) is 8.25. The molecule has 0 N–H and O–H groups in total. The third kappa shape index (κ3) is 5.59. The fourth-order valence-electron chi connectivity index (χ4n) is 3.24. The van der Waals surface area contributed by atoms with Crippen LogP contribution < -0.4 is 4.74 Å². The van der Waals surface area contributed by atoms with Crippen molar-refractivity contribution >= 4 is 17.2 Å². The number of halogens is 3. The van der Waals surface area contributed by atoms with Crippen LogP contribution in [0.3, 0.4) is 0 Å². The number of carbonyl (C=O) groups excluding carboxylic acids is 1. The van der Waals surface area contributed by atoms with Crippen LogP contribution in [0.15, 0.2) is 72.1 Å². The molecule has 0 aliphatic heterocycles. The molecule has 0 unspecified atom stereocenters. The molecule has 0 spiro atoms. The Bertz CT molecular complexity index is 1260. The second-order valence-electron chi connectivity index (χ2n) is 7.39. The molecule has 0 aliphatic rings. The SMILES string of the molecule is CN(Cc1ccccc1)C(=O)c1csc(-c2ccc(OCc3cc(F)cc(F)c3)cc2F)n1. The maximum Gasteiger partial charge on any atom is 0.273 e. The predicted octanol–water partition coefficient (Wildman–Crippen LogP) is 6.08. The van der Waals surface area contributed by atoms with Gasteiger partial charge in [-0.15, -0.1) is 11.3 Å². The van der Waals surface area contributed by atoms with Gasteiger partial charge in [0, 0.05) is 36.7 Å². The van der Waals surface area contributed by atoms with Gasteiger partial charge >= 0.3 is 0 Å². The van der Waals surface area contributed by atoms with Crippen molar-refractivity contribution in [3.63, 3.8) is 0 Å². The molecule has 0 aliphatic carbocycles. The second kappa shape index (κ2) is 9.87. The molecule has 0 radical (unpaired) electrons. The van der Waals surface area contributed by atoms with Gasteiger partial charge in [-0.05, 0) is 35.4 Å². The van der Waals surface area contributed by atoms with E-state index in [1.807, 2.05) is 30.3 Å². The van der Waals surface area contributed by atoms with Crippen molar-refractivity contribution in [1.29, 1.82) is 0 Å². The molecule has 0 fully saturated rings. The zero-order chi connectivity index (χ0) is 23.4. The number of hydrogen-bond donors (Lipinski definition) is 0. The molecule has 0 saturated carbocycles. The minimum absolute atomic E-state index is 0.114. The van der Waals surface area contributed by atoms with Gasteiger partial charge in [0.15, 0.2) is 0 Å². The van der Waals surface area contributed by atoms with Crippen LogP contribution in [0, 0.1) is 17.5 Å². The number of carbonyl (C=O) groups is 1. The van der Waals surface area contributed by atoms with Gasteiger partial charge in [-0.25, -0.2) is 18.2 Å².